The summed E-state index contributed by atoms with van der Waals surface area (Å²) in [6.45, 7) is 2.24. The van der Waals surface area contributed by atoms with Gasteiger partial charge in [-0.2, -0.15) is 0 Å². The van der Waals surface area contributed by atoms with Crippen molar-refractivity contribution in [2.45, 2.75) is 244 Å². The number of hydrogen-bond donors (Lipinski definition) is 3. The lowest BCUT2D eigenvalue weighted by Crippen LogP contribution is -2.28. The molecule has 0 radical (unpaired) electrons. The third kappa shape index (κ3) is 41.2. The predicted octanol–water partition coefficient (Wildman–Crippen LogP) is 12.8. The Morgan fingerprint density at radius 3 is 1.00 bits per heavy atom. The van der Waals surface area contributed by atoms with Gasteiger partial charge in [-0.05, 0) is 38.5 Å². The van der Waals surface area contributed by atoms with E-state index in [-0.39, 0.29) is 12.8 Å². The van der Waals surface area contributed by atoms with Crippen LogP contribution in [0.3, 0.4) is 0 Å². The van der Waals surface area contributed by atoms with E-state index in [1.807, 2.05) is 0 Å². The van der Waals surface area contributed by atoms with E-state index in [0.29, 0.717) is 12.8 Å². The highest BCUT2D eigenvalue weighted by atomic mass is 31.2. The second kappa shape index (κ2) is 42.8. The van der Waals surface area contributed by atoms with Gasteiger partial charge < -0.3 is 24.6 Å². The van der Waals surface area contributed by atoms with Crippen molar-refractivity contribution in [1.82, 2.24) is 0 Å². The Bertz CT molecular complexity index is 961. The summed E-state index contributed by atoms with van der Waals surface area (Å²) in [7, 11) is -4.63. The summed E-state index contributed by atoms with van der Waals surface area (Å²) in [5.74, 6) is -1.02. The highest BCUT2D eigenvalue weighted by Crippen LogP contribution is 2.43. The van der Waals surface area contributed by atoms with E-state index in [1.165, 1.54) is 141 Å². The largest absolute Gasteiger partial charge is 0.472 e. The molecule has 338 valence electrons. The van der Waals surface area contributed by atoms with Crippen molar-refractivity contribution in [3.8, 4) is 0 Å². The fourth-order valence-electron chi connectivity index (χ4n) is 6.82. The first-order valence-electron chi connectivity index (χ1n) is 23.6. The van der Waals surface area contributed by atoms with Crippen LogP contribution < -0.4 is 0 Å². The van der Waals surface area contributed by atoms with Crippen LogP contribution in [-0.4, -0.2) is 65.7 Å². The zero-order chi connectivity index (χ0) is 41.9. The van der Waals surface area contributed by atoms with E-state index in [9.17, 15) is 29.3 Å². The number of aliphatic hydroxyl groups excluding tert-OH is 2. The smallest absolute Gasteiger partial charge is 0.457 e. The molecule has 3 N–H and O–H groups in total. The number of unbranched alkanes of at least 4 members (excludes halogenated alkanes) is 29. The van der Waals surface area contributed by atoms with E-state index < -0.39 is 58.4 Å². The average molecular weight is 833 g/mol. The third-order valence-electron chi connectivity index (χ3n) is 10.5. The molecule has 3 atom stereocenters. The number of carbonyl (C=O) groups excluding carboxylic acids is 2. The molecule has 0 bridgehead atoms. The minimum absolute atomic E-state index is 0.186. The molecule has 0 aromatic heterocycles. The van der Waals surface area contributed by atoms with Gasteiger partial charge in [0.1, 0.15) is 12.2 Å². The number of ether oxygens (including phenoxy) is 2. The molecule has 0 amide bonds. The maximum Gasteiger partial charge on any atom is 0.472 e. The normalized spacial score (nSPS) is 13.8. The Morgan fingerprint density at radius 2 is 0.719 bits per heavy atom. The molecule has 0 aliphatic rings. The van der Waals surface area contributed by atoms with Gasteiger partial charge in [0.05, 0.1) is 26.4 Å². The average Bonchev–Trinajstić information content (AvgIpc) is 3.20. The van der Waals surface area contributed by atoms with Crippen LogP contribution in [0.2, 0.25) is 0 Å². The number of phosphoric acid groups is 1. The Kier molecular flexibility index (Phi) is 41.9. The summed E-state index contributed by atoms with van der Waals surface area (Å²) in [5.41, 5.74) is 0. The lowest BCUT2D eigenvalue weighted by molar-refractivity contribution is -0.153. The zero-order valence-corrected chi connectivity index (χ0v) is 37.7. The number of hydrogen-bond acceptors (Lipinski definition) is 9. The summed E-state index contributed by atoms with van der Waals surface area (Å²) in [4.78, 5) is 34.6. The van der Waals surface area contributed by atoms with Gasteiger partial charge in [-0.25, -0.2) is 4.57 Å². The summed E-state index contributed by atoms with van der Waals surface area (Å²) >= 11 is 0. The number of esters is 2. The van der Waals surface area contributed by atoms with Crippen molar-refractivity contribution in [3.63, 3.8) is 0 Å². The van der Waals surface area contributed by atoms with Gasteiger partial charge in [0.2, 0.25) is 0 Å². The molecule has 3 unspecified atom stereocenters. The zero-order valence-electron chi connectivity index (χ0n) is 36.8. The van der Waals surface area contributed by atoms with Gasteiger partial charge in [-0.3, -0.25) is 18.6 Å². The highest BCUT2D eigenvalue weighted by molar-refractivity contribution is 7.47. The van der Waals surface area contributed by atoms with Crippen LogP contribution in [0.1, 0.15) is 232 Å². The van der Waals surface area contributed by atoms with Crippen LogP contribution in [0, 0.1) is 0 Å². The molecular weight excluding hydrogens is 743 g/mol. The monoisotopic (exact) mass is 833 g/mol. The van der Waals surface area contributed by atoms with E-state index in [0.717, 1.165) is 51.4 Å². The van der Waals surface area contributed by atoms with Crippen molar-refractivity contribution in [2.24, 2.45) is 0 Å². The maximum atomic E-state index is 12.4. The minimum atomic E-state index is -4.63. The molecule has 0 spiro atoms. The lowest BCUT2D eigenvalue weighted by Gasteiger charge is -2.20. The van der Waals surface area contributed by atoms with E-state index in [1.54, 1.807) is 0 Å². The van der Waals surface area contributed by atoms with Crippen LogP contribution in [0.15, 0.2) is 12.2 Å². The maximum absolute atomic E-state index is 12.4. The van der Waals surface area contributed by atoms with E-state index in [4.69, 9.17) is 18.5 Å². The molecule has 57 heavy (non-hydrogen) atoms. The van der Waals surface area contributed by atoms with Crippen molar-refractivity contribution in [1.29, 1.82) is 0 Å². The molecule has 0 saturated carbocycles. The molecule has 11 heteroatoms. The molecule has 0 aromatic carbocycles. The van der Waals surface area contributed by atoms with Crippen LogP contribution in [0.4, 0.5) is 0 Å². The molecule has 0 aliphatic carbocycles. The number of allylic oxidation sites excluding steroid dienone is 2. The Balaban J connectivity index is 3.86. The van der Waals surface area contributed by atoms with Crippen LogP contribution in [0.25, 0.3) is 0 Å². The van der Waals surface area contributed by atoms with E-state index in [2.05, 4.69) is 26.0 Å². The standard InChI is InChI=1S/C46H89O10P/c1-3-5-7-9-11-13-15-17-19-21-22-24-26-28-30-32-34-36-38-46(50)56-44(40-48)42-54-57(51,52)53-41-43(39-47)55-45(49)37-35-33-31-29-27-25-23-20-18-16-14-12-10-8-6-4-2/h20,23,43-44,47-48H,3-19,21-22,24-42H2,1-2H3,(H,51,52)/b23-20-. The summed E-state index contributed by atoms with van der Waals surface area (Å²) in [6.07, 6.45) is 41.8. The van der Waals surface area contributed by atoms with Gasteiger partial charge in [-0.1, -0.05) is 193 Å². The molecule has 0 rings (SSSR count). The van der Waals surface area contributed by atoms with Crippen LogP contribution in [0.5, 0.6) is 0 Å². The van der Waals surface area contributed by atoms with Crippen molar-refractivity contribution in [2.75, 3.05) is 26.4 Å². The van der Waals surface area contributed by atoms with Crippen molar-refractivity contribution >= 4 is 19.8 Å². The quantitative estimate of drug-likeness (QED) is 0.0234. The molecular formula is C46H89O10P. The molecule has 0 aromatic rings. The molecule has 0 aliphatic heterocycles. The highest BCUT2D eigenvalue weighted by Gasteiger charge is 2.27. The van der Waals surface area contributed by atoms with Crippen molar-refractivity contribution < 1.29 is 47.8 Å². The van der Waals surface area contributed by atoms with Crippen molar-refractivity contribution in [3.05, 3.63) is 12.2 Å². The van der Waals surface area contributed by atoms with Crippen LogP contribution in [-0.2, 0) is 32.7 Å². The summed E-state index contributed by atoms with van der Waals surface area (Å²) < 4.78 is 32.6. The Morgan fingerprint density at radius 1 is 0.456 bits per heavy atom. The minimum Gasteiger partial charge on any atom is -0.457 e. The molecule has 0 heterocycles. The van der Waals surface area contributed by atoms with Gasteiger partial charge in [0, 0.05) is 12.8 Å². The number of carbonyl (C=O) groups is 2. The first-order chi connectivity index (χ1) is 27.8. The summed E-state index contributed by atoms with van der Waals surface area (Å²) in [6, 6.07) is 0. The van der Waals surface area contributed by atoms with Gasteiger partial charge in [0.25, 0.3) is 0 Å². The first kappa shape index (κ1) is 55.7. The lowest BCUT2D eigenvalue weighted by atomic mass is 10.0. The summed E-state index contributed by atoms with van der Waals surface area (Å²) in [5, 5.41) is 19.2. The fourth-order valence-corrected chi connectivity index (χ4v) is 7.60. The molecule has 0 saturated heterocycles. The first-order valence-corrected chi connectivity index (χ1v) is 25.1. The fraction of sp³-hybridized carbons (Fsp3) is 0.913. The van der Waals surface area contributed by atoms with Gasteiger partial charge >= 0.3 is 19.8 Å². The number of rotatable bonds is 45. The second-order valence-corrected chi connectivity index (χ2v) is 17.6. The van der Waals surface area contributed by atoms with Gasteiger partial charge in [0.15, 0.2) is 0 Å². The Hall–Kier alpha value is -1.29. The predicted molar refractivity (Wildman–Crippen MR) is 233 cm³/mol. The molecule has 0 fully saturated rings. The number of phosphoric ester groups is 1. The molecule has 10 nitrogen and oxygen atoms in total. The third-order valence-corrected chi connectivity index (χ3v) is 11.4. The topological polar surface area (TPSA) is 149 Å². The van der Waals surface area contributed by atoms with Crippen LogP contribution >= 0.6 is 7.82 Å². The van der Waals surface area contributed by atoms with E-state index >= 15 is 0 Å². The van der Waals surface area contributed by atoms with Gasteiger partial charge in [-0.15, -0.1) is 0 Å². The Labute approximate surface area is 349 Å². The second-order valence-electron chi connectivity index (χ2n) is 16.1. The number of aliphatic hydroxyl groups is 2. The SMILES string of the molecule is CCCCCCCCC/C=C\CCCCCCCC(=O)OC(CO)COP(=O)(O)OCC(CO)OC(=O)CCCCCCCCCCCCCCCCCCCC.